The first-order valence-electron chi connectivity index (χ1n) is 7.44. The Morgan fingerprint density at radius 3 is 2.33 bits per heavy atom. The van der Waals surface area contributed by atoms with Crippen molar-refractivity contribution < 1.29 is 23.8 Å². The van der Waals surface area contributed by atoms with Gasteiger partial charge in [-0.3, -0.25) is 4.79 Å². The van der Waals surface area contributed by atoms with E-state index in [1.807, 2.05) is 20.8 Å². The maximum Gasteiger partial charge on any atom is 0.410 e. The van der Waals surface area contributed by atoms with Crippen LogP contribution in [-0.2, 0) is 19.0 Å². The largest absolute Gasteiger partial charge is 0.469 e. The lowest BCUT2D eigenvalue weighted by Gasteiger charge is -2.33. The van der Waals surface area contributed by atoms with Gasteiger partial charge in [-0.1, -0.05) is 0 Å². The van der Waals surface area contributed by atoms with Gasteiger partial charge >= 0.3 is 12.1 Å². The summed E-state index contributed by atoms with van der Waals surface area (Å²) in [7, 11) is 1.37. The number of piperidine rings is 1. The minimum Gasteiger partial charge on any atom is -0.469 e. The molecule has 1 rings (SSSR count). The van der Waals surface area contributed by atoms with E-state index in [9.17, 15) is 9.59 Å². The van der Waals surface area contributed by atoms with E-state index in [-0.39, 0.29) is 18.5 Å². The number of esters is 1. The molecule has 0 aliphatic carbocycles. The van der Waals surface area contributed by atoms with Crippen LogP contribution in [0.4, 0.5) is 4.79 Å². The van der Waals surface area contributed by atoms with Gasteiger partial charge in [0.2, 0.25) is 0 Å². The Balaban J connectivity index is 2.17. The van der Waals surface area contributed by atoms with Crippen molar-refractivity contribution in [3.63, 3.8) is 0 Å². The molecule has 0 aromatic carbocycles. The van der Waals surface area contributed by atoms with Crippen LogP contribution in [0.5, 0.6) is 0 Å². The van der Waals surface area contributed by atoms with Gasteiger partial charge in [-0.2, -0.15) is 0 Å². The molecular formula is C15H27NO5. The Bertz CT molecular complexity index is 342. The highest BCUT2D eigenvalue weighted by molar-refractivity contribution is 5.69. The minimum absolute atomic E-state index is 0.243. The molecular weight excluding hydrogens is 274 g/mol. The zero-order valence-corrected chi connectivity index (χ0v) is 13.5. The molecule has 0 N–H and O–H groups in total. The van der Waals surface area contributed by atoms with Crippen molar-refractivity contribution in [3.05, 3.63) is 0 Å². The fraction of sp³-hybridized carbons (Fsp3) is 0.867. The molecule has 6 heteroatoms. The van der Waals surface area contributed by atoms with Crippen LogP contribution in [-0.4, -0.2) is 56.0 Å². The molecule has 21 heavy (non-hydrogen) atoms. The molecule has 0 radical (unpaired) electrons. The summed E-state index contributed by atoms with van der Waals surface area (Å²) in [6.07, 6.45) is 1.84. The van der Waals surface area contributed by atoms with Gasteiger partial charge in [0.1, 0.15) is 5.60 Å². The quantitative estimate of drug-likeness (QED) is 0.575. The molecule has 0 spiro atoms. The summed E-state index contributed by atoms with van der Waals surface area (Å²) in [6, 6.07) is 0. The number of carbonyl (C=O) groups is 2. The van der Waals surface area contributed by atoms with Crippen molar-refractivity contribution in [3.8, 4) is 0 Å². The van der Waals surface area contributed by atoms with Gasteiger partial charge in [-0.05, 0) is 39.5 Å². The summed E-state index contributed by atoms with van der Waals surface area (Å²) in [6.45, 7) is 8.00. The van der Waals surface area contributed by atoms with E-state index in [2.05, 4.69) is 4.74 Å². The van der Waals surface area contributed by atoms with Crippen LogP contribution in [0, 0.1) is 5.92 Å². The third-order valence-electron chi connectivity index (χ3n) is 3.30. The van der Waals surface area contributed by atoms with Crippen molar-refractivity contribution in [1.82, 2.24) is 4.90 Å². The highest BCUT2D eigenvalue weighted by atomic mass is 16.6. The molecule has 0 bridgehead atoms. The summed E-state index contributed by atoms with van der Waals surface area (Å²) in [5, 5.41) is 0. The normalized spacial score (nSPS) is 16.7. The lowest BCUT2D eigenvalue weighted by molar-refractivity contribution is -0.142. The van der Waals surface area contributed by atoms with Crippen molar-refractivity contribution in [2.75, 3.05) is 33.4 Å². The molecule has 6 nitrogen and oxygen atoms in total. The smallest absolute Gasteiger partial charge is 0.410 e. The number of ether oxygens (including phenoxy) is 3. The summed E-state index contributed by atoms with van der Waals surface area (Å²) in [4.78, 5) is 24.6. The highest BCUT2D eigenvalue weighted by Crippen LogP contribution is 2.20. The average molecular weight is 301 g/mol. The third-order valence-corrected chi connectivity index (χ3v) is 3.30. The van der Waals surface area contributed by atoms with Gasteiger partial charge in [0.25, 0.3) is 0 Å². The van der Waals surface area contributed by atoms with E-state index >= 15 is 0 Å². The van der Waals surface area contributed by atoms with Crippen LogP contribution in [0.25, 0.3) is 0 Å². The predicted molar refractivity (Wildman–Crippen MR) is 78.0 cm³/mol. The molecule has 0 aromatic rings. The standard InChI is InChI=1S/C15H27NO5/c1-15(2,3)21-14(18)16-8-5-12(6-9-16)11-20-10-7-13(17)19-4/h12H,5-11H2,1-4H3. The number of nitrogens with zero attached hydrogens (tertiary/aromatic N) is 1. The Morgan fingerprint density at radius 1 is 1.19 bits per heavy atom. The fourth-order valence-electron chi connectivity index (χ4n) is 2.12. The number of hydrogen-bond donors (Lipinski definition) is 0. The fourth-order valence-corrected chi connectivity index (χ4v) is 2.12. The second kappa shape index (κ2) is 8.22. The lowest BCUT2D eigenvalue weighted by Crippen LogP contribution is -2.42. The van der Waals surface area contributed by atoms with Gasteiger partial charge in [0.05, 0.1) is 20.1 Å². The topological polar surface area (TPSA) is 65.1 Å². The maximum atomic E-state index is 11.9. The third kappa shape index (κ3) is 7.32. The number of methoxy groups -OCH3 is 1. The number of amides is 1. The summed E-state index contributed by atoms with van der Waals surface area (Å²) < 4.78 is 15.4. The van der Waals surface area contributed by atoms with Gasteiger partial charge in [-0.25, -0.2) is 4.79 Å². The van der Waals surface area contributed by atoms with Crippen LogP contribution in [0.15, 0.2) is 0 Å². The molecule has 0 atom stereocenters. The molecule has 1 heterocycles. The predicted octanol–water partition coefficient (Wildman–Crippen LogP) is 2.21. The van der Waals surface area contributed by atoms with Crippen molar-refractivity contribution in [2.24, 2.45) is 5.92 Å². The van der Waals surface area contributed by atoms with Crippen LogP contribution in [0.2, 0.25) is 0 Å². The van der Waals surface area contributed by atoms with E-state index in [0.717, 1.165) is 12.8 Å². The van der Waals surface area contributed by atoms with Crippen molar-refractivity contribution >= 4 is 12.1 Å². The van der Waals surface area contributed by atoms with E-state index in [1.54, 1.807) is 4.90 Å². The van der Waals surface area contributed by atoms with Gasteiger partial charge in [0, 0.05) is 19.7 Å². The first-order valence-corrected chi connectivity index (χ1v) is 7.44. The van der Waals surface area contributed by atoms with Crippen LogP contribution < -0.4 is 0 Å². The van der Waals surface area contributed by atoms with E-state index in [1.165, 1.54) is 7.11 Å². The van der Waals surface area contributed by atoms with E-state index in [4.69, 9.17) is 9.47 Å². The SMILES string of the molecule is COC(=O)CCOCC1CCN(C(=O)OC(C)(C)C)CC1. The van der Waals surface area contributed by atoms with E-state index in [0.29, 0.717) is 32.2 Å². The van der Waals surface area contributed by atoms with Gasteiger partial charge < -0.3 is 19.1 Å². The van der Waals surface area contributed by atoms with Crippen LogP contribution in [0.3, 0.4) is 0 Å². The van der Waals surface area contributed by atoms with Crippen molar-refractivity contribution in [2.45, 2.75) is 45.6 Å². The molecule has 122 valence electrons. The number of rotatable bonds is 5. The molecule has 0 aromatic heterocycles. The Hall–Kier alpha value is -1.30. The van der Waals surface area contributed by atoms with Gasteiger partial charge in [0.15, 0.2) is 0 Å². The molecule has 1 fully saturated rings. The Labute approximate surface area is 126 Å². The molecule has 1 aliphatic heterocycles. The highest BCUT2D eigenvalue weighted by Gasteiger charge is 2.26. The second-order valence-electron chi connectivity index (χ2n) is 6.31. The summed E-state index contributed by atoms with van der Waals surface area (Å²) in [5.74, 6) is 0.177. The first-order chi connectivity index (χ1) is 9.81. The molecule has 1 amide bonds. The Kier molecular flexibility index (Phi) is 6.95. The number of carbonyl (C=O) groups excluding carboxylic acids is 2. The second-order valence-corrected chi connectivity index (χ2v) is 6.31. The maximum absolute atomic E-state index is 11.9. The van der Waals surface area contributed by atoms with E-state index < -0.39 is 5.60 Å². The zero-order chi connectivity index (χ0) is 15.9. The number of hydrogen-bond acceptors (Lipinski definition) is 5. The minimum atomic E-state index is -0.453. The first kappa shape index (κ1) is 17.8. The zero-order valence-electron chi connectivity index (χ0n) is 13.5. The lowest BCUT2D eigenvalue weighted by atomic mass is 9.98. The average Bonchev–Trinajstić information content (AvgIpc) is 2.42. The molecule has 0 unspecified atom stereocenters. The van der Waals surface area contributed by atoms with Gasteiger partial charge in [-0.15, -0.1) is 0 Å². The Morgan fingerprint density at radius 2 is 1.81 bits per heavy atom. The molecule has 0 saturated carbocycles. The number of likely N-dealkylation sites (tertiary alicyclic amines) is 1. The monoisotopic (exact) mass is 301 g/mol. The van der Waals surface area contributed by atoms with Crippen LogP contribution >= 0.6 is 0 Å². The molecule has 1 aliphatic rings. The summed E-state index contributed by atoms with van der Waals surface area (Å²) in [5.41, 5.74) is -0.453. The van der Waals surface area contributed by atoms with Crippen LogP contribution in [0.1, 0.15) is 40.0 Å². The van der Waals surface area contributed by atoms with Crippen molar-refractivity contribution in [1.29, 1.82) is 0 Å². The molecule has 1 saturated heterocycles. The summed E-state index contributed by atoms with van der Waals surface area (Å²) >= 11 is 0.